The lowest BCUT2D eigenvalue weighted by atomic mass is 10.3. The van der Waals surface area contributed by atoms with Crippen LogP contribution in [0.4, 0.5) is 0 Å². The lowest BCUT2D eigenvalue weighted by Crippen LogP contribution is -2.19. The van der Waals surface area contributed by atoms with Crippen LogP contribution in [-0.2, 0) is 20.0 Å². The average molecular weight is 262 g/mol. The summed E-state index contributed by atoms with van der Waals surface area (Å²) in [5, 5.41) is 16.1. The van der Waals surface area contributed by atoms with Crippen molar-refractivity contribution in [3.8, 4) is 0 Å². The largest absolute Gasteiger partial charge is 0.395 e. The molecule has 0 saturated heterocycles. The molecule has 14 heavy (non-hydrogen) atoms. The highest BCUT2D eigenvalue weighted by atomic mass is 79.9. The van der Waals surface area contributed by atoms with Crippen LogP contribution in [0.5, 0.6) is 0 Å². The second-order valence-corrected chi connectivity index (χ2v) is 3.88. The Kier molecular flexibility index (Phi) is 4.57. The first kappa shape index (κ1) is 11.7. The summed E-state index contributed by atoms with van der Waals surface area (Å²) >= 11 is 3.53. The van der Waals surface area contributed by atoms with Gasteiger partial charge in [-0.2, -0.15) is 5.10 Å². The molecule has 5 heteroatoms. The number of rotatable bonds is 5. The summed E-state index contributed by atoms with van der Waals surface area (Å²) in [7, 11) is 1.93. The van der Waals surface area contributed by atoms with Crippen molar-refractivity contribution < 1.29 is 5.11 Å². The highest BCUT2D eigenvalue weighted by Crippen LogP contribution is 2.21. The van der Waals surface area contributed by atoms with E-state index in [1.165, 1.54) is 0 Å². The zero-order valence-electron chi connectivity index (χ0n) is 8.55. The summed E-state index contributed by atoms with van der Waals surface area (Å²) in [6.45, 7) is 3.58. The van der Waals surface area contributed by atoms with Crippen molar-refractivity contribution in [3.05, 3.63) is 15.9 Å². The minimum absolute atomic E-state index is 0.163. The highest BCUT2D eigenvalue weighted by molar-refractivity contribution is 9.10. The smallest absolute Gasteiger partial charge is 0.0767 e. The third-order valence-corrected chi connectivity index (χ3v) is 3.00. The van der Waals surface area contributed by atoms with Crippen LogP contribution < -0.4 is 5.32 Å². The molecule has 1 aromatic heterocycles. The van der Waals surface area contributed by atoms with E-state index in [-0.39, 0.29) is 6.61 Å². The van der Waals surface area contributed by atoms with Gasteiger partial charge in [-0.25, -0.2) is 0 Å². The third-order valence-electron chi connectivity index (χ3n) is 2.08. The first-order valence-electron chi connectivity index (χ1n) is 4.72. The van der Waals surface area contributed by atoms with Crippen molar-refractivity contribution in [2.24, 2.45) is 7.05 Å². The van der Waals surface area contributed by atoms with Gasteiger partial charge in [0.25, 0.3) is 0 Å². The fraction of sp³-hybridized carbons (Fsp3) is 0.667. The number of hydrogen-bond acceptors (Lipinski definition) is 3. The van der Waals surface area contributed by atoms with Gasteiger partial charge in [0.2, 0.25) is 0 Å². The van der Waals surface area contributed by atoms with Crippen molar-refractivity contribution in [3.63, 3.8) is 0 Å². The molecule has 0 aliphatic carbocycles. The van der Waals surface area contributed by atoms with Gasteiger partial charge in [0.15, 0.2) is 0 Å². The summed E-state index contributed by atoms with van der Waals surface area (Å²) in [5.41, 5.74) is 2.20. The molecule has 1 heterocycles. The topological polar surface area (TPSA) is 50.1 Å². The zero-order valence-corrected chi connectivity index (χ0v) is 10.1. The van der Waals surface area contributed by atoms with Crippen molar-refractivity contribution in [1.29, 1.82) is 0 Å². The van der Waals surface area contributed by atoms with E-state index in [4.69, 9.17) is 5.11 Å². The lowest BCUT2D eigenvalue weighted by molar-refractivity contribution is 0.291. The molecule has 0 bridgehead atoms. The minimum atomic E-state index is 0.163. The quantitative estimate of drug-likeness (QED) is 0.773. The van der Waals surface area contributed by atoms with Crippen LogP contribution in [0, 0.1) is 0 Å². The van der Waals surface area contributed by atoms with Crippen LogP contribution >= 0.6 is 15.9 Å². The molecule has 0 unspecified atom stereocenters. The lowest BCUT2D eigenvalue weighted by Gasteiger charge is -2.03. The van der Waals surface area contributed by atoms with Crippen molar-refractivity contribution in [2.75, 3.05) is 13.2 Å². The van der Waals surface area contributed by atoms with Gasteiger partial charge in [0, 0.05) is 20.1 Å². The van der Waals surface area contributed by atoms with Gasteiger partial charge in [0.05, 0.1) is 22.5 Å². The molecule has 0 spiro atoms. The van der Waals surface area contributed by atoms with Gasteiger partial charge in [-0.05, 0) is 22.4 Å². The van der Waals surface area contributed by atoms with E-state index in [1.807, 2.05) is 11.7 Å². The summed E-state index contributed by atoms with van der Waals surface area (Å²) in [6.07, 6.45) is 0.925. The van der Waals surface area contributed by atoms with Gasteiger partial charge in [-0.15, -0.1) is 0 Å². The van der Waals surface area contributed by atoms with E-state index in [1.54, 1.807) is 0 Å². The summed E-state index contributed by atoms with van der Waals surface area (Å²) in [4.78, 5) is 0. The van der Waals surface area contributed by atoms with Gasteiger partial charge in [0.1, 0.15) is 0 Å². The van der Waals surface area contributed by atoms with Crippen molar-refractivity contribution in [1.82, 2.24) is 15.1 Å². The molecule has 0 saturated carbocycles. The fourth-order valence-electron chi connectivity index (χ4n) is 1.30. The number of aromatic nitrogens is 2. The number of aliphatic hydroxyl groups excluding tert-OH is 1. The number of nitrogens with zero attached hydrogens (tertiary/aromatic N) is 2. The van der Waals surface area contributed by atoms with Gasteiger partial charge in [-0.1, -0.05) is 6.92 Å². The monoisotopic (exact) mass is 261 g/mol. The fourth-order valence-corrected chi connectivity index (χ4v) is 2.05. The Bertz CT molecular complexity index is 298. The normalized spacial score (nSPS) is 10.9. The molecule has 1 rings (SSSR count). The maximum absolute atomic E-state index is 8.64. The van der Waals surface area contributed by atoms with Crippen LogP contribution in [0.15, 0.2) is 4.47 Å². The van der Waals surface area contributed by atoms with E-state index < -0.39 is 0 Å². The predicted molar refractivity (Wildman–Crippen MR) is 59.1 cm³/mol. The summed E-state index contributed by atoms with van der Waals surface area (Å²) < 4.78 is 2.95. The Morgan fingerprint density at radius 3 is 2.79 bits per heavy atom. The van der Waals surface area contributed by atoms with Crippen LogP contribution in [0.3, 0.4) is 0 Å². The number of aryl methyl sites for hydroxylation is 2. The zero-order chi connectivity index (χ0) is 10.6. The number of halogens is 1. The predicted octanol–water partition coefficient (Wildman–Crippen LogP) is 0.827. The van der Waals surface area contributed by atoms with Gasteiger partial charge >= 0.3 is 0 Å². The Morgan fingerprint density at radius 2 is 2.29 bits per heavy atom. The highest BCUT2D eigenvalue weighted by Gasteiger charge is 2.11. The van der Waals surface area contributed by atoms with E-state index >= 15 is 0 Å². The molecule has 0 fully saturated rings. The summed E-state index contributed by atoms with van der Waals surface area (Å²) in [5.74, 6) is 0. The molecule has 2 N–H and O–H groups in total. The molecule has 4 nitrogen and oxygen atoms in total. The maximum atomic E-state index is 8.64. The van der Waals surface area contributed by atoms with Crippen LogP contribution in [0.25, 0.3) is 0 Å². The van der Waals surface area contributed by atoms with E-state index in [0.717, 1.165) is 28.8 Å². The maximum Gasteiger partial charge on any atom is 0.0767 e. The Balaban J connectivity index is 2.70. The van der Waals surface area contributed by atoms with E-state index in [9.17, 15) is 0 Å². The molecule has 0 radical (unpaired) electrons. The van der Waals surface area contributed by atoms with Crippen molar-refractivity contribution in [2.45, 2.75) is 19.9 Å². The van der Waals surface area contributed by atoms with Crippen LogP contribution in [-0.4, -0.2) is 28.0 Å². The Morgan fingerprint density at radius 1 is 1.57 bits per heavy atom. The standard InChI is InChI=1S/C9H16BrN3O/c1-3-7-9(10)8(13(2)12-7)6-11-4-5-14/h11,14H,3-6H2,1-2H3. The minimum Gasteiger partial charge on any atom is -0.395 e. The number of hydrogen-bond donors (Lipinski definition) is 2. The summed E-state index contributed by atoms with van der Waals surface area (Å²) in [6, 6.07) is 0. The first-order valence-corrected chi connectivity index (χ1v) is 5.51. The number of nitrogens with one attached hydrogen (secondary N) is 1. The second-order valence-electron chi connectivity index (χ2n) is 3.08. The first-order chi connectivity index (χ1) is 6.70. The number of aliphatic hydroxyl groups is 1. The van der Waals surface area contributed by atoms with Crippen molar-refractivity contribution >= 4 is 15.9 Å². The molecule has 0 aromatic carbocycles. The molecular weight excluding hydrogens is 246 g/mol. The van der Waals surface area contributed by atoms with E-state index in [0.29, 0.717) is 6.54 Å². The SMILES string of the molecule is CCc1nn(C)c(CNCCO)c1Br. The molecule has 0 aliphatic rings. The molecular formula is C9H16BrN3O. The average Bonchev–Trinajstić information content (AvgIpc) is 2.45. The Hall–Kier alpha value is -0.390. The van der Waals surface area contributed by atoms with Crippen LogP contribution in [0.1, 0.15) is 18.3 Å². The third kappa shape index (κ3) is 2.56. The molecule has 0 amide bonds. The second kappa shape index (κ2) is 5.48. The molecule has 80 valence electrons. The Labute approximate surface area is 92.4 Å². The van der Waals surface area contributed by atoms with Gasteiger partial charge in [-0.3, -0.25) is 4.68 Å². The molecule has 0 aliphatic heterocycles. The van der Waals surface area contributed by atoms with E-state index in [2.05, 4.69) is 33.3 Å². The molecule has 1 aromatic rings. The molecule has 0 atom stereocenters. The van der Waals surface area contributed by atoms with Gasteiger partial charge < -0.3 is 10.4 Å². The van der Waals surface area contributed by atoms with Crippen LogP contribution in [0.2, 0.25) is 0 Å².